The van der Waals surface area contributed by atoms with Crippen molar-refractivity contribution in [3.8, 4) is 5.75 Å². The zero-order valence-electron chi connectivity index (χ0n) is 10.8. The molecule has 0 aliphatic carbocycles. The maximum Gasteiger partial charge on any atom is 0.197 e. The van der Waals surface area contributed by atoms with Gasteiger partial charge in [-0.1, -0.05) is 6.07 Å². The van der Waals surface area contributed by atoms with Crippen molar-refractivity contribution in [3.63, 3.8) is 0 Å². The van der Waals surface area contributed by atoms with Crippen molar-refractivity contribution in [3.05, 3.63) is 63.1 Å². The molecule has 104 valence electrons. The fourth-order valence-electron chi connectivity index (χ4n) is 1.86. The number of ether oxygens (including phenoxy) is 1. The Hall–Kier alpha value is -1.75. The lowest BCUT2D eigenvalue weighted by molar-refractivity contribution is 0.103. The van der Waals surface area contributed by atoms with Gasteiger partial charge in [-0.25, -0.2) is 8.78 Å². The molecule has 0 atom stereocenters. The Kier molecular flexibility index (Phi) is 4.18. The van der Waals surface area contributed by atoms with Crippen LogP contribution in [0.4, 0.5) is 8.78 Å². The highest BCUT2D eigenvalue weighted by molar-refractivity contribution is 9.10. The fourth-order valence-corrected chi connectivity index (χ4v) is 2.20. The monoisotopic (exact) mass is 340 g/mol. The summed E-state index contributed by atoms with van der Waals surface area (Å²) in [5, 5.41) is 0. The van der Waals surface area contributed by atoms with Crippen LogP contribution in [0, 0.1) is 18.6 Å². The molecule has 0 spiro atoms. The first-order valence-corrected chi connectivity index (χ1v) is 6.57. The van der Waals surface area contributed by atoms with Gasteiger partial charge in [-0.3, -0.25) is 4.79 Å². The molecule has 0 N–H and O–H groups in total. The second-order valence-electron chi connectivity index (χ2n) is 4.25. The quantitative estimate of drug-likeness (QED) is 0.779. The number of carbonyl (C=O) groups is 1. The molecule has 0 radical (unpaired) electrons. The number of halogens is 3. The van der Waals surface area contributed by atoms with E-state index in [1.54, 1.807) is 6.92 Å². The van der Waals surface area contributed by atoms with E-state index in [1.807, 2.05) is 0 Å². The number of aryl methyl sites for hydroxylation is 1. The van der Waals surface area contributed by atoms with Gasteiger partial charge in [-0.2, -0.15) is 0 Å². The molecule has 0 heterocycles. The first-order valence-electron chi connectivity index (χ1n) is 5.78. The van der Waals surface area contributed by atoms with E-state index in [2.05, 4.69) is 15.9 Å². The molecule has 0 amide bonds. The predicted molar refractivity (Wildman–Crippen MR) is 75.2 cm³/mol. The lowest BCUT2D eigenvalue weighted by Crippen LogP contribution is -2.07. The highest BCUT2D eigenvalue weighted by Gasteiger charge is 2.19. The second-order valence-corrected chi connectivity index (χ2v) is 5.11. The third-order valence-electron chi connectivity index (χ3n) is 2.93. The van der Waals surface area contributed by atoms with E-state index in [9.17, 15) is 13.6 Å². The van der Waals surface area contributed by atoms with Gasteiger partial charge >= 0.3 is 0 Å². The zero-order valence-corrected chi connectivity index (χ0v) is 12.4. The number of rotatable bonds is 3. The molecule has 0 unspecified atom stereocenters. The van der Waals surface area contributed by atoms with Crippen LogP contribution in [0.3, 0.4) is 0 Å². The summed E-state index contributed by atoms with van der Waals surface area (Å²) in [4.78, 5) is 12.5. The maximum absolute atomic E-state index is 13.5. The van der Waals surface area contributed by atoms with Crippen molar-refractivity contribution < 1.29 is 18.3 Å². The largest absolute Gasteiger partial charge is 0.496 e. The highest BCUT2D eigenvalue weighted by Crippen LogP contribution is 2.29. The fraction of sp³-hybridized carbons (Fsp3) is 0.133. The minimum absolute atomic E-state index is 0.111. The minimum Gasteiger partial charge on any atom is -0.496 e. The molecule has 0 bridgehead atoms. The SMILES string of the molecule is COc1cc(F)c(Br)cc1C(=O)c1cc(F)ccc1C. The summed E-state index contributed by atoms with van der Waals surface area (Å²) < 4.78 is 31.9. The first kappa shape index (κ1) is 14.7. The van der Waals surface area contributed by atoms with Gasteiger partial charge in [-0.05, 0) is 46.6 Å². The van der Waals surface area contributed by atoms with Crippen molar-refractivity contribution in [2.45, 2.75) is 6.92 Å². The van der Waals surface area contributed by atoms with Crippen LogP contribution in [0.1, 0.15) is 21.5 Å². The van der Waals surface area contributed by atoms with Crippen LogP contribution in [0.2, 0.25) is 0 Å². The summed E-state index contributed by atoms with van der Waals surface area (Å²) in [5.41, 5.74) is 1.04. The lowest BCUT2D eigenvalue weighted by atomic mass is 9.98. The molecule has 2 rings (SSSR count). The van der Waals surface area contributed by atoms with Crippen LogP contribution in [0.15, 0.2) is 34.8 Å². The van der Waals surface area contributed by atoms with E-state index in [4.69, 9.17) is 4.74 Å². The first-order chi connectivity index (χ1) is 9.43. The summed E-state index contributed by atoms with van der Waals surface area (Å²) in [6.07, 6.45) is 0. The van der Waals surface area contributed by atoms with Crippen molar-refractivity contribution in [2.24, 2.45) is 0 Å². The highest BCUT2D eigenvalue weighted by atomic mass is 79.9. The molecule has 0 saturated carbocycles. The summed E-state index contributed by atoms with van der Waals surface area (Å²) in [6.45, 7) is 1.71. The van der Waals surface area contributed by atoms with E-state index < -0.39 is 17.4 Å². The lowest BCUT2D eigenvalue weighted by Gasteiger charge is -2.10. The van der Waals surface area contributed by atoms with E-state index in [0.29, 0.717) is 5.56 Å². The molecule has 2 aromatic carbocycles. The van der Waals surface area contributed by atoms with Crippen LogP contribution in [-0.4, -0.2) is 12.9 Å². The number of ketones is 1. The Bertz CT molecular complexity index is 684. The van der Waals surface area contributed by atoms with Crippen LogP contribution in [-0.2, 0) is 0 Å². The van der Waals surface area contributed by atoms with E-state index in [0.717, 1.165) is 12.1 Å². The van der Waals surface area contributed by atoms with Gasteiger partial charge in [0.2, 0.25) is 0 Å². The molecule has 2 nitrogen and oxygen atoms in total. The number of benzene rings is 2. The third-order valence-corrected chi connectivity index (χ3v) is 3.54. The smallest absolute Gasteiger partial charge is 0.197 e. The Morgan fingerprint density at radius 1 is 1.15 bits per heavy atom. The summed E-state index contributed by atoms with van der Waals surface area (Å²) in [5.74, 6) is -1.34. The van der Waals surface area contributed by atoms with Crippen molar-refractivity contribution in [1.29, 1.82) is 0 Å². The molecule has 0 aliphatic rings. The maximum atomic E-state index is 13.5. The Morgan fingerprint density at radius 2 is 1.85 bits per heavy atom. The number of methoxy groups -OCH3 is 1. The van der Waals surface area contributed by atoms with Gasteiger partial charge in [0.1, 0.15) is 17.4 Å². The minimum atomic E-state index is -0.533. The van der Waals surface area contributed by atoms with Crippen molar-refractivity contribution in [2.75, 3.05) is 7.11 Å². The van der Waals surface area contributed by atoms with E-state index in [1.165, 1.54) is 25.3 Å². The van der Waals surface area contributed by atoms with Gasteiger partial charge in [0.25, 0.3) is 0 Å². The Balaban J connectivity index is 2.58. The molecule has 5 heteroatoms. The average molecular weight is 341 g/mol. The Morgan fingerprint density at radius 3 is 2.50 bits per heavy atom. The molecular formula is C15H11BrF2O2. The second kappa shape index (κ2) is 5.71. The molecule has 0 fully saturated rings. The zero-order chi connectivity index (χ0) is 14.9. The van der Waals surface area contributed by atoms with Crippen LogP contribution in [0.5, 0.6) is 5.75 Å². The predicted octanol–water partition coefficient (Wildman–Crippen LogP) is 4.28. The normalized spacial score (nSPS) is 10.4. The molecule has 0 aliphatic heterocycles. The number of hydrogen-bond donors (Lipinski definition) is 0. The Labute approximate surface area is 123 Å². The van der Waals surface area contributed by atoms with E-state index >= 15 is 0 Å². The molecule has 20 heavy (non-hydrogen) atoms. The van der Waals surface area contributed by atoms with Gasteiger partial charge < -0.3 is 4.74 Å². The summed E-state index contributed by atoms with van der Waals surface area (Å²) in [7, 11) is 1.35. The molecular weight excluding hydrogens is 330 g/mol. The van der Waals surface area contributed by atoms with Gasteiger partial charge in [-0.15, -0.1) is 0 Å². The van der Waals surface area contributed by atoms with E-state index in [-0.39, 0.29) is 21.3 Å². The molecule has 2 aromatic rings. The van der Waals surface area contributed by atoms with Crippen molar-refractivity contribution in [1.82, 2.24) is 0 Å². The topological polar surface area (TPSA) is 26.3 Å². The third kappa shape index (κ3) is 2.72. The molecule has 0 saturated heterocycles. The van der Waals surface area contributed by atoms with Crippen molar-refractivity contribution >= 4 is 21.7 Å². The number of hydrogen-bond acceptors (Lipinski definition) is 2. The number of carbonyl (C=O) groups excluding carboxylic acids is 1. The van der Waals surface area contributed by atoms with Gasteiger partial charge in [0.15, 0.2) is 5.78 Å². The van der Waals surface area contributed by atoms with Crippen LogP contribution in [0.25, 0.3) is 0 Å². The van der Waals surface area contributed by atoms with Crippen LogP contribution >= 0.6 is 15.9 Å². The van der Waals surface area contributed by atoms with Crippen LogP contribution < -0.4 is 4.74 Å². The average Bonchev–Trinajstić information content (AvgIpc) is 2.43. The summed E-state index contributed by atoms with van der Waals surface area (Å²) in [6, 6.07) is 6.42. The standard InChI is InChI=1S/C15H11BrF2O2/c1-8-3-4-9(17)5-10(8)15(19)11-6-12(16)13(18)7-14(11)20-2/h3-7H,1-2H3. The van der Waals surface area contributed by atoms with Gasteiger partial charge in [0, 0.05) is 11.6 Å². The molecule has 0 aromatic heterocycles. The van der Waals surface area contributed by atoms with Gasteiger partial charge in [0.05, 0.1) is 17.1 Å². The summed E-state index contributed by atoms with van der Waals surface area (Å²) >= 11 is 3.03.